The predicted octanol–water partition coefficient (Wildman–Crippen LogP) is -0.150. The van der Waals surface area contributed by atoms with Gasteiger partial charge in [-0.15, -0.1) is 0 Å². The summed E-state index contributed by atoms with van der Waals surface area (Å²) in [6, 6.07) is 0. The van der Waals surface area contributed by atoms with Gasteiger partial charge in [-0.1, -0.05) is 0 Å². The van der Waals surface area contributed by atoms with Crippen LogP contribution in [0, 0.1) is 0 Å². The average Bonchev–Trinajstić information content (AvgIpc) is 2.69. The highest BCUT2D eigenvalue weighted by Gasteiger charge is 2.54. The van der Waals surface area contributed by atoms with Crippen LogP contribution in [-0.2, 0) is 18.6 Å². The summed E-state index contributed by atoms with van der Waals surface area (Å²) in [6.45, 7) is 0. The van der Waals surface area contributed by atoms with E-state index in [9.17, 15) is 18.0 Å². The molecular formula is C6HClN2O4S. The molecule has 8 heteroatoms. The van der Waals surface area contributed by atoms with Crippen molar-refractivity contribution < 1.29 is 22.7 Å². The molecule has 0 saturated carbocycles. The Morgan fingerprint density at radius 2 is 1.86 bits per heavy atom. The number of halogens is 1. The molecule has 0 spiro atoms. The largest absolute Gasteiger partial charge is 0.493 e. The minimum Gasteiger partial charge on any atom is -0.493 e. The second-order valence-corrected chi connectivity index (χ2v) is 5.18. The van der Waals surface area contributed by atoms with Crippen molar-refractivity contribution in [3.8, 4) is 0 Å². The number of allylic oxidation sites excluding steroid dienone is 2. The van der Waals surface area contributed by atoms with Gasteiger partial charge in [0.2, 0.25) is 0 Å². The number of rotatable bonds is 1. The topological polar surface area (TPSA) is 93.6 Å². The summed E-state index contributed by atoms with van der Waals surface area (Å²) in [7, 11) is 0.665. The van der Waals surface area contributed by atoms with Crippen LogP contribution in [0.5, 0.6) is 0 Å². The van der Waals surface area contributed by atoms with E-state index in [1.807, 2.05) is 0 Å². The maximum atomic E-state index is 11.2. The highest BCUT2D eigenvalue weighted by molar-refractivity contribution is 8.17. The zero-order valence-electron chi connectivity index (χ0n) is 6.39. The molecule has 2 aliphatic rings. The lowest BCUT2D eigenvalue weighted by molar-refractivity contribution is -0.341. The maximum Gasteiger partial charge on any atom is 0.325 e. The molecule has 0 bridgehead atoms. The summed E-state index contributed by atoms with van der Waals surface area (Å²) in [5, 5.41) is 0. The van der Waals surface area contributed by atoms with E-state index in [1.54, 1.807) is 0 Å². The van der Waals surface area contributed by atoms with Gasteiger partial charge in [0.25, 0.3) is 20.6 Å². The van der Waals surface area contributed by atoms with E-state index in [0.717, 1.165) is 0 Å². The summed E-state index contributed by atoms with van der Waals surface area (Å²) >= 11 is 0. The van der Waals surface area contributed by atoms with E-state index in [-0.39, 0.29) is 11.4 Å². The standard InChI is InChI=1S/C6HClN2O4S/c7-14(12,13)3-1-2(10)4-5(6(3)11)9(4)8/h1H. The van der Waals surface area contributed by atoms with Crippen molar-refractivity contribution in [1.29, 1.82) is 0 Å². The van der Waals surface area contributed by atoms with Gasteiger partial charge < -0.3 is 5.53 Å². The van der Waals surface area contributed by atoms with E-state index in [4.69, 9.17) is 16.2 Å². The summed E-state index contributed by atoms with van der Waals surface area (Å²) in [5.74, 6) is -1.71. The van der Waals surface area contributed by atoms with Crippen molar-refractivity contribution >= 4 is 31.3 Å². The molecule has 6 nitrogen and oxygen atoms in total. The van der Waals surface area contributed by atoms with Crippen molar-refractivity contribution in [3.63, 3.8) is 0 Å². The first-order valence-electron chi connectivity index (χ1n) is 3.32. The number of carbonyl (C=O) groups excluding carboxylic acids is 2. The summed E-state index contributed by atoms with van der Waals surface area (Å²) in [5.41, 5.74) is 8.38. The third-order valence-corrected chi connectivity index (χ3v) is 3.12. The fourth-order valence-corrected chi connectivity index (χ4v) is 2.04. The average molecular weight is 233 g/mol. The summed E-state index contributed by atoms with van der Waals surface area (Å²) in [6.07, 6.45) is 0.597. The van der Waals surface area contributed by atoms with E-state index in [2.05, 4.69) is 0 Å². The Hall–Kier alpha value is -1.34. The molecule has 72 valence electrons. The van der Waals surface area contributed by atoms with Crippen LogP contribution in [0.25, 0.3) is 5.53 Å². The van der Waals surface area contributed by atoms with E-state index in [0.29, 0.717) is 10.8 Å². The molecule has 0 radical (unpaired) electrons. The van der Waals surface area contributed by atoms with Crippen LogP contribution in [0.2, 0.25) is 0 Å². The first-order valence-corrected chi connectivity index (χ1v) is 5.63. The van der Waals surface area contributed by atoms with Crippen LogP contribution in [0.1, 0.15) is 0 Å². The van der Waals surface area contributed by atoms with Crippen LogP contribution in [0.3, 0.4) is 0 Å². The number of carbonyl (C=O) groups is 2. The molecule has 0 saturated heterocycles. The minimum atomic E-state index is -4.25. The van der Waals surface area contributed by atoms with Gasteiger partial charge in [0, 0.05) is 16.8 Å². The lowest BCUT2D eigenvalue weighted by atomic mass is 10.2. The van der Waals surface area contributed by atoms with Crippen LogP contribution in [0.15, 0.2) is 22.4 Å². The van der Waals surface area contributed by atoms with Gasteiger partial charge in [0.15, 0.2) is 0 Å². The van der Waals surface area contributed by atoms with Crippen molar-refractivity contribution in [3.05, 3.63) is 27.9 Å². The number of hydrogen-bond acceptors (Lipinski definition) is 4. The molecule has 0 aromatic rings. The van der Waals surface area contributed by atoms with Gasteiger partial charge in [-0.3, -0.25) is 9.59 Å². The van der Waals surface area contributed by atoms with Crippen molar-refractivity contribution in [2.45, 2.75) is 0 Å². The Morgan fingerprint density at radius 3 is 2.36 bits per heavy atom. The first kappa shape index (κ1) is 9.22. The van der Waals surface area contributed by atoms with Gasteiger partial charge in [-0.05, 0) is 0 Å². The fourth-order valence-electron chi connectivity index (χ4n) is 1.13. The molecule has 0 aromatic heterocycles. The Morgan fingerprint density at radius 1 is 1.29 bits per heavy atom. The molecule has 1 heterocycles. The molecule has 0 atom stereocenters. The Labute approximate surface area is 82.4 Å². The zero-order valence-corrected chi connectivity index (χ0v) is 7.96. The second-order valence-electron chi connectivity index (χ2n) is 2.65. The van der Waals surface area contributed by atoms with Crippen LogP contribution in [0.4, 0.5) is 0 Å². The molecule has 0 amide bonds. The first-order chi connectivity index (χ1) is 6.34. The van der Waals surface area contributed by atoms with Crippen molar-refractivity contribution in [1.82, 2.24) is 0 Å². The lowest BCUT2D eigenvalue weighted by Gasteiger charge is -1.95. The van der Waals surface area contributed by atoms with Crippen LogP contribution >= 0.6 is 10.7 Å². The van der Waals surface area contributed by atoms with E-state index in [1.165, 1.54) is 0 Å². The highest BCUT2D eigenvalue weighted by Crippen LogP contribution is 2.36. The van der Waals surface area contributed by atoms with E-state index >= 15 is 0 Å². The molecule has 14 heavy (non-hydrogen) atoms. The molecule has 0 unspecified atom stereocenters. The number of ketones is 2. The monoisotopic (exact) mass is 232 g/mol. The molecule has 1 aliphatic carbocycles. The fraction of sp³-hybridized carbons (Fsp3) is 0. The predicted molar refractivity (Wildman–Crippen MR) is 43.5 cm³/mol. The Kier molecular flexibility index (Phi) is 1.56. The molecule has 0 fully saturated rings. The van der Waals surface area contributed by atoms with Gasteiger partial charge in [0.1, 0.15) is 4.91 Å². The van der Waals surface area contributed by atoms with Crippen molar-refractivity contribution in [2.24, 2.45) is 0 Å². The minimum absolute atomic E-state index is 0.195. The Balaban J connectivity index is 2.56. The molecular weight excluding hydrogens is 232 g/mol. The number of Topliss-reactive ketones (excluding diaryl/α,β-unsaturated/α-hetero) is 1. The van der Waals surface area contributed by atoms with Crippen LogP contribution in [-0.4, -0.2) is 24.7 Å². The Bertz CT molecular complexity index is 569. The maximum absolute atomic E-state index is 11.2. The lowest BCUT2D eigenvalue weighted by Crippen LogP contribution is -2.12. The van der Waals surface area contributed by atoms with Crippen LogP contribution < -0.4 is 0 Å². The normalized spacial score (nSPS) is 20.9. The number of nitrogens with zero attached hydrogens (tertiary/aromatic N) is 2. The third kappa shape index (κ3) is 1.06. The molecule has 2 rings (SSSR count). The smallest absolute Gasteiger partial charge is 0.325 e. The molecule has 1 aliphatic heterocycles. The third-order valence-electron chi connectivity index (χ3n) is 1.80. The van der Waals surface area contributed by atoms with Gasteiger partial charge in [-0.25, -0.2) is 13.1 Å². The van der Waals surface area contributed by atoms with Crippen molar-refractivity contribution in [2.75, 3.05) is 0 Å². The second kappa shape index (κ2) is 2.37. The quantitative estimate of drug-likeness (QED) is 0.357. The number of hydrogen-bond donors (Lipinski definition) is 0. The highest BCUT2D eigenvalue weighted by atomic mass is 35.7. The zero-order chi connectivity index (χ0) is 10.7. The molecule has 0 N–H and O–H groups in total. The summed E-state index contributed by atoms with van der Waals surface area (Å²) < 4.78 is 22.0. The van der Waals surface area contributed by atoms with E-state index < -0.39 is 25.5 Å². The van der Waals surface area contributed by atoms with Gasteiger partial charge in [-0.2, -0.15) is 0 Å². The van der Waals surface area contributed by atoms with Gasteiger partial charge in [0.05, 0.1) is 0 Å². The molecule has 0 aromatic carbocycles. The van der Waals surface area contributed by atoms with Gasteiger partial charge >= 0.3 is 11.4 Å². The SMILES string of the molecule is [N-]=[N+]1C2=C1C(=O)C(S(=O)(=O)Cl)=CC2=O. The summed E-state index contributed by atoms with van der Waals surface area (Å²) in [4.78, 5) is 21.5.